The third-order valence-corrected chi connectivity index (χ3v) is 8.65. The molecule has 7 nitrogen and oxygen atoms in total. The van der Waals surface area contributed by atoms with E-state index < -0.39 is 16.0 Å². The summed E-state index contributed by atoms with van der Waals surface area (Å²) in [4.78, 5) is 23.3. The Kier molecular flexibility index (Phi) is 8.03. The maximum atomic E-state index is 13.2. The van der Waals surface area contributed by atoms with Gasteiger partial charge in [-0.3, -0.25) is 9.59 Å². The number of carbonyl (C=O) groups excluding carboxylic acids is 1. The first-order valence-corrected chi connectivity index (χ1v) is 13.7. The average molecular weight is 497 g/mol. The number of hydrogen-bond donors (Lipinski definition) is 3. The smallest absolute Gasteiger partial charge is 0.303 e. The number of fused-ring (bicyclic) bond motifs is 2. The van der Waals surface area contributed by atoms with Gasteiger partial charge in [0, 0.05) is 23.7 Å². The van der Waals surface area contributed by atoms with Crippen LogP contribution < -0.4 is 10.0 Å². The predicted molar refractivity (Wildman–Crippen MR) is 135 cm³/mol. The summed E-state index contributed by atoms with van der Waals surface area (Å²) in [5.74, 6) is 0.0222. The Bertz CT molecular complexity index is 1160. The number of allylic oxidation sites excluding steroid dienone is 2. The topological polar surface area (TPSA) is 113 Å². The zero-order valence-corrected chi connectivity index (χ0v) is 20.4. The number of carboxylic acid groups (broad SMARTS) is 1. The molecular weight excluding hydrogens is 464 g/mol. The number of para-hydroxylation sites is 1. The molecule has 2 aliphatic rings. The summed E-state index contributed by atoms with van der Waals surface area (Å²) in [6.07, 6.45) is 9.58. The molecule has 1 amide bonds. The highest BCUT2D eigenvalue weighted by Gasteiger charge is 2.48. The maximum Gasteiger partial charge on any atom is 0.303 e. The van der Waals surface area contributed by atoms with E-state index in [1.807, 2.05) is 24.3 Å². The maximum absolute atomic E-state index is 13.2. The van der Waals surface area contributed by atoms with E-state index in [2.05, 4.69) is 16.1 Å². The Labute approximate surface area is 206 Å². The highest BCUT2D eigenvalue weighted by atomic mass is 32.2. The van der Waals surface area contributed by atoms with Crippen molar-refractivity contribution in [3.63, 3.8) is 0 Å². The predicted octanol–water partition coefficient (Wildman–Crippen LogP) is 4.83. The molecule has 0 saturated heterocycles. The van der Waals surface area contributed by atoms with Gasteiger partial charge in [0.15, 0.2) is 0 Å². The highest BCUT2D eigenvalue weighted by molar-refractivity contribution is 7.89. The molecule has 8 heteroatoms. The van der Waals surface area contributed by atoms with Crippen molar-refractivity contribution in [1.82, 2.24) is 4.72 Å². The third-order valence-electron chi connectivity index (χ3n) is 7.17. The highest BCUT2D eigenvalue weighted by Crippen LogP contribution is 2.50. The van der Waals surface area contributed by atoms with E-state index in [0.29, 0.717) is 35.9 Å². The largest absolute Gasteiger partial charge is 0.481 e. The summed E-state index contributed by atoms with van der Waals surface area (Å²) in [7, 11) is -3.72. The monoisotopic (exact) mass is 496 g/mol. The van der Waals surface area contributed by atoms with Gasteiger partial charge in [-0.2, -0.15) is 0 Å². The fourth-order valence-corrected chi connectivity index (χ4v) is 6.79. The van der Waals surface area contributed by atoms with Crippen molar-refractivity contribution in [3.8, 4) is 0 Å². The second-order valence-electron chi connectivity index (χ2n) is 9.48. The van der Waals surface area contributed by atoms with Crippen molar-refractivity contribution in [3.05, 3.63) is 72.3 Å². The number of hydrogen-bond acceptors (Lipinski definition) is 4. The van der Waals surface area contributed by atoms with Gasteiger partial charge in [0.25, 0.3) is 5.91 Å². The van der Waals surface area contributed by atoms with E-state index in [-0.39, 0.29) is 29.2 Å². The molecule has 0 heterocycles. The van der Waals surface area contributed by atoms with E-state index >= 15 is 0 Å². The summed E-state index contributed by atoms with van der Waals surface area (Å²) in [6, 6.07) is 15.0. The lowest BCUT2D eigenvalue weighted by Gasteiger charge is -2.31. The molecule has 0 aromatic heterocycles. The zero-order valence-electron chi connectivity index (χ0n) is 19.6. The molecule has 3 N–H and O–H groups in total. The van der Waals surface area contributed by atoms with Crippen LogP contribution in [0.1, 0.15) is 55.3 Å². The second-order valence-corrected chi connectivity index (χ2v) is 11.2. The van der Waals surface area contributed by atoms with Gasteiger partial charge in [-0.05, 0) is 92.7 Å². The number of aliphatic carboxylic acids is 1. The molecule has 2 aliphatic carbocycles. The molecule has 2 fully saturated rings. The van der Waals surface area contributed by atoms with Crippen LogP contribution in [0.2, 0.25) is 0 Å². The third kappa shape index (κ3) is 6.38. The van der Waals surface area contributed by atoms with Crippen molar-refractivity contribution in [2.75, 3.05) is 5.32 Å². The Balaban J connectivity index is 1.37. The first-order chi connectivity index (χ1) is 16.8. The van der Waals surface area contributed by atoms with E-state index in [1.165, 1.54) is 24.3 Å². The lowest BCUT2D eigenvalue weighted by Crippen LogP contribution is -2.43. The first-order valence-electron chi connectivity index (χ1n) is 12.2. The lowest BCUT2D eigenvalue weighted by atomic mass is 9.83. The van der Waals surface area contributed by atoms with Gasteiger partial charge in [-0.25, -0.2) is 13.1 Å². The van der Waals surface area contributed by atoms with Gasteiger partial charge in [-0.15, -0.1) is 0 Å². The van der Waals surface area contributed by atoms with Crippen LogP contribution in [0.15, 0.2) is 71.6 Å². The van der Waals surface area contributed by atoms with Crippen LogP contribution in [0.25, 0.3) is 0 Å². The van der Waals surface area contributed by atoms with Gasteiger partial charge >= 0.3 is 5.97 Å². The SMILES string of the molecule is O=C(O)CCC/C=C\C[C@@H]1[C@H]2CC[C@H](C2)[C@H]1NS(=O)(=O)c1ccc(C(=O)Nc2ccccc2)cc1. The summed E-state index contributed by atoms with van der Waals surface area (Å²) >= 11 is 0. The van der Waals surface area contributed by atoms with E-state index in [9.17, 15) is 18.0 Å². The molecule has 2 aromatic rings. The quantitative estimate of drug-likeness (QED) is 0.305. The van der Waals surface area contributed by atoms with Crippen LogP contribution in [0, 0.1) is 17.8 Å². The molecule has 0 spiro atoms. The Morgan fingerprint density at radius 2 is 1.69 bits per heavy atom. The Morgan fingerprint density at radius 3 is 2.40 bits per heavy atom. The van der Waals surface area contributed by atoms with Crippen LogP contribution in [0.3, 0.4) is 0 Å². The molecule has 4 atom stereocenters. The molecule has 35 heavy (non-hydrogen) atoms. The van der Waals surface area contributed by atoms with Crippen LogP contribution in [0.4, 0.5) is 5.69 Å². The number of anilines is 1. The number of benzene rings is 2. The standard InChI is InChI=1S/C27H32N2O5S/c30-25(31)11-7-2-1-6-10-24-20-12-13-21(18-20)26(24)29-35(33,34)23-16-14-19(15-17-23)27(32)28-22-8-4-3-5-9-22/h1,3-6,8-9,14-17,20-21,24,26,29H,2,7,10-13,18H2,(H,28,32)(H,30,31)/b6-1-/t20-,21+,24+,26+/m0/s1. The van der Waals surface area contributed by atoms with E-state index in [0.717, 1.165) is 25.7 Å². The van der Waals surface area contributed by atoms with Crippen molar-refractivity contribution in [2.24, 2.45) is 17.8 Å². The average Bonchev–Trinajstić information content (AvgIpc) is 3.44. The number of carbonyl (C=O) groups is 2. The number of rotatable bonds is 11. The Morgan fingerprint density at radius 1 is 0.971 bits per heavy atom. The molecule has 2 bridgehead atoms. The van der Waals surface area contributed by atoms with Crippen LogP contribution in [-0.4, -0.2) is 31.4 Å². The molecule has 2 aromatic carbocycles. The van der Waals surface area contributed by atoms with Crippen molar-refractivity contribution in [1.29, 1.82) is 0 Å². The van der Waals surface area contributed by atoms with Gasteiger partial charge in [0.05, 0.1) is 4.90 Å². The van der Waals surface area contributed by atoms with Crippen LogP contribution >= 0.6 is 0 Å². The fraction of sp³-hybridized carbons (Fsp3) is 0.407. The molecule has 2 saturated carbocycles. The van der Waals surface area contributed by atoms with Crippen molar-refractivity contribution in [2.45, 2.75) is 55.9 Å². The number of nitrogens with one attached hydrogen (secondary N) is 2. The number of amides is 1. The van der Waals surface area contributed by atoms with Crippen molar-refractivity contribution >= 4 is 27.6 Å². The van der Waals surface area contributed by atoms with Crippen LogP contribution in [0.5, 0.6) is 0 Å². The molecular formula is C27H32N2O5S. The van der Waals surface area contributed by atoms with E-state index in [4.69, 9.17) is 5.11 Å². The first kappa shape index (κ1) is 25.1. The minimum Gasteiger partial charge on any atom is -0.481 e. The lowest BCUT2D eigenvalue weighted by molar-refractivity contribution is -0.137. The fourth-order valence-electron chi connectivity index (χ4n) is 5.43. The van der Waals surface area contributed by atoms with E-state index in [1.54, 1.807) is 12.1 Å². The molecule has 0 aliphatic heterocycles. The van der Waals surface area contributed by atoms with Gasteiger partial charge in [0.2, 0.25) is 10.0 Å². The zero-order chi connectivity index (χ0) is 24.8. The summed E-state index contributed by atoms with van der Waals surface area (Å²) in [6.45, 7) is 0. The second kappa shape index (κ2) is 11.2. The molecule has 186 valence electrons. The number of sulfonamides is 1. The van der Waals surface area contributed by atoms with Gasteiger partial charge < -0.3 is 10.4 Å². The molecule has 0 unspecified atom stereocenters. The minimum atomic E-state index is -3.72. The van der Waals surface area contributed by atoms with Gasteiger partial charge in [-0.1, -0.05) is 30.4 Å². The minimum absolute atomic E-state index is 0.108. The summed E-state index contributed by atoms with van der Waals surface area (Å²) in [5, 5.41) is 11.5. The Hall–Kier alpha value is -2.97. The number of unbranched alkanes of at least 4 members (excludes halogenated alkanes) is 1. The summed E-state index contributed by atoms with van der Waals surface area (Å²) in [5.41, 5.74) is 1.06. The summed E-state index contributed by atoms with van der Waals surface area (Å²) < 4.78 is 29.3. The van der Waals surface area contributed by atoms with Crippen LogP contribution in [-0.2, 0) is 14.8 Å². The number of carboxylic acids is 1. The van der Waals surface area contributed by atoms with Crippen molar-refractivity contribution < 1.29 is 23.1 Å². The molecule has 4 rings (SSSR count). The normalized spacial score (nSPS) is 23.5. The van der Waals surface area contributed by atoms with Gasteiger partial charge in [0.1, 0.15) is 0 Å². The molecule has 0 radical (unpaired) electrons.